The van der Waals surface area contributed by atoms with E-state index in [1.807, 2.05) is 44.2 Å². The predicted octanol–water partition coefficient (Wildman–Crippen LogP) is 3.77. The second-order valence-electron chi connectivity index (χ2n) is 6.95. The van der Waals surface area contributed by atoms with Crippen molar-refractivity contribution in [3.05, 3.63) is 41.7 Å². The summed E-state index contributed by atoms with van der Waals surface area (Å²) >= 11 is 1.35. The van der Waals surface area contributed by atoms with Crippen molar-refractivity contribution < 1.29 is 9.59 Å². The van der Waals surface area contributed by atoms with Crippen LogP contribution < -0.4 is 10.6 Å². The van der Waals surface area contributed by atoms with Crippen LogP contribution in [-0.4, -0.2) is 33.2 Å². The van der Waals surface area contributed by atoms with E-state index >= 15 is 0 Å². The topological polar surface area (TPSA) is 88.9 Å². The van der Waals surface area contributed by atoms with Gasteiger partial charge in [0.1, 0.15) is 11.1 Å². The van der Waals surface area contributed by atoms with E-state index in [-0.39, 0.29) is 5.91 Å². The minimum Gasteiger partial charge on any atom is -0.338 e. The van der Waals surface area contributed by atoms with Crippen molar-refractivity contribution in [1.82, 2.24) is 25.4 Å². The van der Waals surface area contributed by atoms with Crippen LogP contribution in [0.25, 0.3) is 0 Å². The van der Waals surface area contributed by atoms with E-state index in [1.165, 1.54) is 31.0 Å². The van der Waals surface area contributed by atoms with E-state index in [0.717, 1.165) is 29.4 Å². The van der Waals surface area contributed by atoms with Crippen LogP contribution >= 0.6 is 11.8 Å². The van der Waals surface area contributed by atoms with E-state index in [1.54, 1.807) is 0 Å². The van der Waals surface area contributed by atoms with Gasteiger partial charge in [-0.05, 0) is 32.3 Å². The molecule has 0 spiro atoms. The van der Waals surface area contributed by atoms with E-state index < -0.39 is 11.3 Å². The third-order valence-electron chi connectivity index (χ3n) is 4.91. The van der Waals surface area contributed by atoms with Crippen molar-refractivity contribution in [1.29, 1.82) is 0 Å². The molecular formula is C20H27N5O2S. The molecule has 3 rings (SSSR count). The van der Waals surface area contributed by atoms with Gasteiger partial charge in [0.2, 0.25) is 5.91 Å². The van der Waals surface area contributed by atoms with Crippen molar-refractivity contribution in [2.24, 2.45) is 0 Å². The number of hydrogen-bond acceptors (Lipinski definition) is 5. The first-order valence-electron chi connectivity index (χ1n) is 9.82. The highest BCUT2D eigenvalue weighted by Gasteiger charge is 2.28. The van der Waals surface area contributed by atoms with Crippen LogP contribution in [0.2, 0.25) is 0 Å². The molecule has 1 aromatic carbocycles. The predicted molar refractivity (Wildman–Crippen MR) is 109 cm³/mol. The van der Waals surface area contributed by atoms with Crippen LogP contribution in [0.3, 0.4) is 0 Å². The molecule has 2 N–H and O–H groups in total. The third-order valence-corrected chi connectivity index (χ3v) is 6.12. The molecule has 1 saturated carbocycles. The molecule has 1 atom stereocenters. The Morgan fingerprint density at radius 3 is 2.57 bits per heavy atom. The lowest BCUT2D eigenvalue weighted by Crippen LogP contribution is -2.41. The summed E-state index contributed by atoms with van der Waals surface area (Å²) in [6.07, 6.45) is 5.88. The van der Waals surface area contributed by atoms with Crippen LogP contribution in [0.1, 0.15) is 61.7 Å². The molecule has 7 nitrogen and oxygen atoms in total. The van der Waals surface area contributed by atoms with Gasteiger partial charge in [-0.25, -0.2) is 4.79 Å². The molecule has 0 bridgehead atoms. The Morgan fingerprint density at radius 1 is 1.18 bits per heavy atom. The van der Waals surface area contributed by atoms with Crippen molar-refractivity contribution >= 4 is 23.7 Å². The van der Waals surface area contributed by atoms with Crippen molar-refractivity contribution in [2.45, 2.75) is 62.4 Å². The Kier molecular flexibility index (Phi) is 7.08. The first kappa shape index (κ1) is 20.4. The van der Waals surface area contributed by atoms with Crippen LogP contribution in [-0.2, 0) is 4.79 Å². The number of urea groups is 1. The van der Waals surface area contributed by atoms with Gasteiger partial charge < -0.3 is 9.88 Å². The number of imide groups is 1. The SMILES string of the molecule is CCNC(=O)NC(=O)[C@H](Sc1nnc(C)n1C1CCCCC1)c1ccccc1. The fraction of sp³-hybridized carbons (Fsp3) is 0.500. The highest BCUT2D eigenvalue weighted by atomic mass is 32.2. The van der Waals surface area contributed by atoms with Gasteiger partial charge in [0, 0.05) is 12.6 Å². The lowest BCUT2D eigenvalue weighted by Gasteiger charge is -2.26. The summed E-state index contributed by atoms with van der Waals surface area (Å²) in [5, 5.41) is 13.8. The highest BCUT2D eigenvalue weighted by Crippen LogP contribution is 2.38. The molecule has 0 aliphatic heterocycles. The fourth-order valence-corrected chi connectivity index (χ4v) is 4.73. The summed E-state index contributed by atoms with van der Waals surface area (Å²) in [7, 11) is 0. The van der Waals surface area contributed by atoms with E-state index in [9.17, 15) is 9.59 Å². The summed E-state index contributed by atoms with van der Waals surface area (Å²) in [5.41, 5.74) is 0.824. The largest absolute Gasteiger partial charge is 0.338 e. The number of hydrogen-bond donors (Lipinski definition) is 2. The van der Waals surface area contributed by atoms with E-state index in [4.69, 9.17) is 0 Å². The smallest absolute Gasteiger partial charge is 0.321 e. The molecule has 1 heterocycles. The van der Waals surface area contributed by atoms with Crippen molar-refractivity contribution in [3.8, 4) is 0 Å². The normalized spacial score (nSPS) is 15.8. The lowest BCUT2D eigenvalue weighted by atomic mass is 9.95. The molecule has 1 aliphatic carbocycles. The molecular weight excluding hydrogens is 374 g/mol. The van der Waals surface area contributed by atoms with Gasteiger partial charge in [0.25, 0.3) is 0 Å². The number of nitrogens with zero attached hydrogens (tertiary/aromatic N) is 3. The lowest BCUT2D eigenvalue weighted by molar-refractivity contribution is -0.119. The third kappa shape index (κ3) is 4.92. The molecule has 0 radical (unpaired) electrons. The minimum atomic E-state index is -0.588. The van der Waals surface area contributed by atoms with E-state index in [0.29, 0.717) is 12.6 Å². The first-order valence-corrected chi connectivity index (χ1v) is 10.7. The molecule has 1 fully saturated rings. The molecule has 2 aromatic rings. The molecule has 8 heteroatoms. The quantitative estimate of drug-likeness (QED) is 0.719. The Hall–Kier alpha value is -2.35. The van der Waals surface area contributed by atoms with Gasteiger partial charge in [-0.1, -0.05) is 61.4 Å². The number of rotatable bonds is 6. The number of thioether (sulfide) groups is 1. The average molecular weight is 402 g/mol. The van der Waals surface area contributed by atoms with Gasteiger partial charge in [-0.3, -0.25) is 10.1 Å². The molecule has 1 aromatic heterocycles. The number of carbonyl (C=O) groups excluding carboxylic acids is 2. The minimum absolute atomic E-state index is 0.363. The summed E-state index contributed by atoms with van der Waals surface area (Å²) in [6, 6.07) is 9.35. The van der Waals surface area contributed by atoms with Gasteiger partial charge in [-0.15, -0.1) is 10.2 Å². The fourth-order valence-electron chi connectivity index (χ4n) is 3.58. The second kappa shape index (κ2) is 9.73. The molecule has 1 aliphatic rings. The Labute approximate surface area is 169 Å². The van der Waals surface area contributed by atoms with Crippen LogP contribution in [0.4, 0.5) is 4.79 Å². The van der Waals surface area contributed by atoms with Crippen molar-refractivity contribution in [2.75, 3.05) is 6.54 Å². The molecule has 150 valence electrons. The summed E-state index contributed by atoms with van der Waals surface area (Å²) in [4.78, 5) is 24.8. The van der Waals surface area contributed by atoms with Crippen LogP contribution in [0.5, 0.6) is 0 Å². The maximum Gasteiger partial charge on any atom is 0.321 e. The average Bonchev–Trinajstić information content (AvgIpc) is 3.07. The maximum atomic E-state index is 12.9. The Morgan fingerprint density at radius 2 is 1.89 bits per heavy atom. The number of amides is 3. The zero-order valence-electron chi connectivity index (χ0n) is 16.4. The molecule has 0 unspecified atom stereocenters. The highest BCUT2D eigenvalue weighted by molar-refractivity contribution is 8.00. The number of nitrogens with one attached hydrogen (secondary N) is 2. The van der Waals surface area contributed by atoms with Gasteiger partial charge >= 0.3 is 6.03 Å². The van der Waals surface area contributed by atoms with Crippen LogP contribution in [0, 0.1) is 6.92 Å². The zero-order valence-corrected chi connectivity index (χ0v) is 17.2. The van der Waals surface area contributed by atoms with Gasteiger partial charge in [-0.2, -0.15) is 0 Å². The first-order chi connectivity index (χ1) is 13.6. The van der Waals surface area contributed by atoms with E-state index in [2.05, 4.69) is 25.4 Å². The standard InChI is InChI=1S/C20H27N5O2S/c1-3-21-19(27)22-18(26)17(15-10-6-4-7-11-15)28-20-24-23-14(2)25(20)16-12-8-5-9-13-16/h4,6-7,10-11,16-17H,3,5,8-9,12-13H2,1-2H3,(H2,21,22,26,27)/t17-/m1/s1. The molecule has 3 amide bonds. The zero-order chi connectivity index (χ0) is 19.9. The van der Waals surface area contributed by atoms with Crippen LogP contribution in [0.15, 0.2) is 35.5 Å². The Balaban J connectivity index is 1.86. The number of aromatic nitrogens is 3. The van der Waals surface area contributed by atoms with Crippen molar-refractivity contribution in [3.63, 3.8) is 0 Å². The number of carbonyl (C=O) groups is 2. The molecule has 28 heavy (non-hydrogen) atoms. The number of aryl methyl sites for hydroxylation is 1. The maximum absolute atomic E-state index is 12.9. The second-order valence-corrected chi connectivity index (χ2v) is 8.02. The van der Waals surface area contributed by atoms with Gasteiger partial charge in [0.05, 0.1) is 0 Å². The summed E-state index contributed by atoms with van der Waals surface area (Å²) in [5.74, 6) is 0.503. The monoisotopic (exact) mass is 401 g/mol. The summed E-state index contributed by atoms with van der Waals surface area (Å²) < 4.78 is 2.17. The Bertz CT molecular complexity index is 802. The molecule has 0 saturated heterocycles. The van der Waals surface area contributed by atoms with Gasteiger partial charge in [0.15, 0.2) is 5.16 Å². The number of benzene rings is 1. The summed E-state index contributed by atoms with van der Waals surface area (Å²) in [6.45, 7) is 4.22.